The zero-order valence-electron chi connectivity index (χ0n) is 13.7. The molecule has 0 spiro atoms. The van der Waals surface area contributed by atoms with Crippen molar-refractivity contribution in [2.75, 3.05) is 32.2 Å². The molecule has 1 aliphatic heterocycles. The van der Waals surface area contributed by atoms with E-state index in [1.807, 2.05) is 23.9 Å². The number of thioether (sulfide) groups is 1. The van der Waals surface area contributed by atoms with E-state index in [0.29, 0.717) is 6.54 Å². The van der Waals surface area contributed by atoms with E-state index in [0.717, 1.165) is 18.0 Å². The summed E-state index contributed by atoms with van der Waals surface area (Å²) in [5, 5.41) is 0. The topological polar surface area (TPSA) is 38.5 Å². The fourth-order valence-electron chi connectivity index (χ4n) is 3.35. The van der Waals surface area contributed by atoms with Gasteiger partial charge < -0.3 is 10.5 Å². The van der Waals surface area contributed by atoms with E-state index in [1.54, 1.807) is 7.11 Å². The summed E-state index contributed by atoms with van der Waals surface area (Å²) in [6.07, 6.45) is 1.21. The molecular formula is C17H28N2OS. The van der Waals surface area contributed by atoms with Gasteiger partial charge in [-0.1, -0.05) is 32.0 Å². The van der Waals surface area contributed by atoms with Crippen LogP contribution >= 0.6 is 11.8 Å². The van der Waals surface area contributed by atoms with E-state index in [9.17, 15) is 0 Å². The molecule has 0 aromatic heterocycles. The highest BCUT2D eigenvalue weighted by molar-refractivity contribution is 7.99. The van der Waals surface area contributed by atoms with Crippen molar-refractivity contribution in [1.29, 1.82) is 0 Å². The molecule has 1 atom stereocenters. The van der Waals surface area contributed by atoms with Crippen LogP contribution in [0.4, 0.5) is 0 Å². The van der Waals surface area contributed by atoms with Crippen molar-refractivity contribution in [3.05, 3.63) is 29.8 Å². The van der Waals surface area contributed by atoms with Crippen LogP contribution in [0.5, 0.6) is 5.75 Å². The number of likely N-dealkylation sites (N-methyl/N-ethyl adjacent to an activating group) is 1. The number of hydrogen-bond donors (Lipinski definition) is 1. The zero-order valence-corrected chi connectivity index (χ0v) is 14.5. The van der Waals surface area contributed by atoms with Crippen molar-refractivity contribution in [3.63, 3.8) is 0 Å². The smallest absolute Gasteiger partial charge is 0.123 e. The quantitative estimate of drug-likeness (QED) is 0.907. The number of para-hydroxylation sites is 1. The van der Waals surface area contributed by atoms with Crippen LogP contribution < -0.4 is 10.5 Å². The van der Waals surface area contributed by atoms with Crippen LogP contribution in [0.15, 0.2) is 24.3 Å². The number of benzene rings is 1. The average molecular weight is 308 g/mol. The largest absolute Gasteiger partial charge is 0.496 e. The Labute approximate surface area is 133 Å². The van der Waals surface area contributed by atoms with Gasteiger partial charge in [0.05, 0.1) is 7.11 Å². The first-order valence-electron chi connectivity index (χ1n) is 7.58. The molecule has 1 saturated heterocycles. The lowest BCUT2D eigenvalue weighted by Crippen LogP contribution is -2.64. The van der Waals surface area contributed by atoms with E-state index >= 15 is 0 Å². The van der Waals surface area contributed by atoms with Gasteiger partial charge >= 0.3 is 0 Å². The maximum atomic E-state index is 6.25. The van der Waals surface area contributed by atoms with Gasteiger partial charge in [-0.15, -0.1) is 0 Å². The van der Waals surface area contributed by atoms with Gasteiger partial charge in [-0.2, -0.15) is 11.8 Å². The van der Waals surface area contributed by atoms with Crippen LogP contribution in [0.25, 0.3) is 0 Å². The van der Waals surface area contributed by atoms with Gasteiger partial charge in [0.2, 0.25) is 0 Å². The standard InChI is InChI=1S/C17H28N2OS/c1-16(2)9-10-21-13-17(16,12-18)19(3)11-14-7-5-6-8-15(14)20-4/h5-8H,9-13,18H2,1-4H3. The lowest BCUT2D eigenvalue weighted by atomic mass is 9.69. The summed E-state index contributed by atoms with van der Waals surface area (Å²) in [6.45, 7) is 6.28. The number of ether oxygens (including phenoxy) is 1. The van der Waals surface area contributed by atoms with Crippen LogP contribution in [0.3, 0.4) is 0 Å². The van der Waals surface area contributed by atoms with Crippen molar-refractivity contribution < 1.29 is 4.74 Å². The molecule has 1 aromatic carbocycles. The highest BCUT2D eigenvalue weighted by Crippen LogP contribution is 2.45. The summed E-state index contributed by atoms with van der Waals surface area (Å²) in [5.41, 5.74) is 7.74. The molecule has 118 valence electrons. The molecule has 0 saturated carbocycles. The van der Waals surface area contributed by atoms with Gasteiger partial charge in [0, 0.05) is 29.9 Å². The SMILES string of the molecule is COc1ccccc1CN(C)C1(CN)CSCCC1(C)C. The second-order valence-electron chi connectivity index (χ2n) is 6.59. The minimum atomic E-state index is 0.0385. The Morgan fingerprint density at radius 1 is 1.33 bits per heavy atom. The second kappa shape index (κ2) is 6.59. The predicted octanol–water partition coefficient (Wildman–Crippen LogP) is 2.99. The van der Waals surface area contributed by atoms with Crippen molar-refractivity contribution in [2.45, 2.75) is 32.4 Å². The fraction of sp³-hybridized carbons (Fsp3) is 0.647. The molecule has 0 aliphatic carbocycles. The Hall–Kier alpha value is -0.710. The summed E-state index contributed by atoms with van der Waals surface area (Å²) in [6, 6.07) is 8.25. The van der Waals surface area contributed by atoms with E-state index < -0.39 is 0 Å². The Balaban J connectivity index is 2.26. The van der Waals surface area contributed by atoms with Crippen molar-refractivity contribution in [2.24, 2.45) is 11.1 Å². The summed E-state index contributed by atoms with van der Waals surface area (Å²) in [5.74, 6) is 3.29. The van der Waals surface area contributed by atoms with Gasteiger partial charge in [-0.05, 0) is 30.7 Å². The maximum Gasteiger partial charge on any atom is 0.123 e. The van der Waals surface area contributed by atoms with Crippen LogP contribution in [0.1, 0.15) is 25.8 Å². The molecule has 1 aromatic rings. The molecule has 0 radical (unpaired) electrons. The Bertz CT molecular complexity index is 478. The molecule has 2 N–H and O–H groups in total. The van der Waals surface area contributed by atoms with E-state index in [4.69, 9.17) is 10.5 Å². The first kappa shape index (κ1) is 16.7. The summed E-state index contributed by atoms with van der Waals surface area (Å²) in [7, 11) is 3.94. The van der Waals surface area contributed by atoms with Crippen LogP contribution in [0.2, 0.25) is 0 Å². The average Bonchev–Trinajstić information content (AvgIpc) is 2.47. The number of hydrogen-bond acceptors (Lipinski definition) is 4. The number of nitrogens with two attached hydrogens (primary N) is 1. The molecule has 0 bridgehead atoms. The lowest BCUT2D eigenvalue weighted by Gasteiger charge is -2.54. The van der Waals surface area contributed by atoms with Crippen LogP contribution in [-0.2, 0) is 6.54 Å². The summed E-state index contributed by atoms with van der Waals surface area (Å²) >= 11 is 2.02. The molecule has 1 fully saturated rings. The van der Waals surface area contributed by atoms with Gasteiger partial charge in [-0.3, -0.25) is 4.90 Å². The van der Waals surface area contributed by atoms with E-state index in [1.165, 1.54) is 17.7 Å². The molecule has 2 rings (SSSR count). The van der Waals surface area contributed by atoms with Gasteiger partial charge in [0.1, 0.15) is 5.75 Å². The second-order valence-corrected chi connectivity index (χ2v) is 7.70. The predicted molar refractivity (Wildman–Crippen MR) is 92.0 cm³/mol. The first-order chi connectivity index (χ1) is 9.97. The molecule has 4 heteroatoms. The normalized spacial score (nSPS) is 25.0. The molecule has 1 aliphatic rings. The van der Waals surface area contributed by atoms with Gasteiger partial charge in [-0.25, -0.2) is 0 Å². The van der Waals surface area contributed by atoms with E-state index in [-0.39, 0.29) is 11.0 Å². The third-order valence-corrected chi connectivity index (χ3v) is 6.31. The lowest BCUT2D eigenvalue weighted by molar-refractivity contribution is 0.0144. The zero-order chi connectivity index (χ0) is 15.5. The minimum Gasteiger partial charge on any atom is -0.496 e. The minimum absolute atomic E-state index is 0.0385. The molecule has 1 heterocycles. The number of rotatable bonds is 5. The highest BCUT2D eigenvalue weighted by Gasteiger charge is 2.48. The van der Waals surface area contributed by atoms with Gasteiger partial charge in [0.25, 0.3) is 0 Å². The van der Waals surface area contributed by atoms with Crippen molar-refractivity contribution >= 4 is 11.8 Å². The van der Waals surface area contributed by atoms with Gasteiger partial charge in [0.15, 0.2) is 0 Å². The van der Waals surface area contributed by atoms with Crippen molar-refractivity contribution in [3.8, 4) is 5.75 Å². The third kappa shape index (κ3) is 3.08. The summed E-state index contributed by atoms with van der Waals surface area (Å²) < 4.78 is 5.49. The van der Waals surface area contributed by atoms with Crippen molar-refractivity contribution in [1.82, 2.24) is 4.90 Å². The first-order valence-corrected chi connectivity index (χ1v) is 8.73. The van der Waals surface area contributed by atoms with Crippen LogP contribution in [-0.4, -0.2) is 42.6 Å². The van der Waals surface area contributed by atoms with E-state index in [2.05, 4.69) is 37.9 Å². The molecule has 0 amide bonds. The Morgan fingerprint density at radius 3 is 2.67 bits per heavy atom. The highest BCUT2D eigenvalue weighted by atomic mass is 32.2. The molecule has 3 nitrogen and oxygen atoms in total. The molecular weight excluding hydrogens is 280 g/mol. The number of nitrogens with zero attached hydrogens (tertiary/aromatic N) is 1. The molecule has 21 heavy (non-hydrogen) atoms. The van der Waals surface area contributed by atoms with Crippen LogP contribution in [0, 0.1) is 5.41 Å². The molecule has 1 unspecified atom stereocenters. The number of methoxy groups -OCH3 is 1. The Morgan fingerprint density at radius 2 is 2.05 bits per heavy atom. The monoisotopic (exact) mass is 308 g/mol. The Kier molecular flexibility index (Phi) is 5.23. The third-order valence-electron chi connectivity index (χ3n) is 5.14. The maximum absolute atomic E-state index is 6.25. The summed E-state index contributed by atoms with van der Waals surface area (Å²) in [4.78, 5) is 2.44. The fourth-order valence-corrected chi connectivity index (χ4v) is 5.22.